The van der Waals surface area contributed by atoms with Crippen LogP contribution in [0.1, 0.15) is 19.4 Å². The lowest BCUT2D eigenvalue weighted by molar-refractivity contribution is 0.140. The summed E-state index contributed by atoms with van der Waals surface area (Å²) in [4.78, 5) is 12.2. The Kier molecular flexibility index (Phi) is 1.91. The van der Waals surface area contributed by atoms with E-state index in [9.17, 15) is 4.79 Å². The van der Waals surface area contributed by atoms with Gasteiger partial charge in [-0.1, -0.05) is 12.1 Å². The van der Waals surface area contributed by atoms with Gasteiger partial charge >= 0.3 is 0 Å². The van der Waals surface area contributed by atoms with Crippen molar-refractivity contribution in [3.05, 3.63) is 40.2 Å². The molecule has 3 nitrogen and oxygen atoms in total. The van der Waals surface area contributed by atoms with Gasteiger partial charge in [-0.05, 0) is 26.0 Å². The molecule has 0 saturated heterocycles. The predicted octanol–water partition coefficient (Wildman–Crippen LogP) is 2.25. The summed E-state index contributed by atoms with van der Waals surface area (Å²) in [6.45, 7) is 4.03. The molecule has 88 valence electrons. The number of para-hydroxylation sites is 1. The summed E-state index contributed by atoms with van der Waals surface area (Å²) in [7, 11) is 1.82. The second-order valence-electron chi connectivity index (χ2n) is 5.23. The minimum absolute atomic E-state index is 0.0595. The molecule has 0 aliphatic carbocycles. The van der Waals surface area contributed by atoms with E-state index in [4.69, 9.17) is 4.74 Å². The molecule has 1 aromatic heterocycles. The number of ether oxygens (including phenoxy) is 1. The van der Waals surface area contributed by atoms with Crippen molar-refractivity contribution in [3.8, 4) is 5.75 Å². The number of rotatable bonds is 0. The van der Waals surface area contributed by atoms with Crippen LogP contribution in [-0.2, 0) is 13.5 Å². The maximum atomic E-state index is 12.2. The van der Waals surface area contributed by atoms with E-state index in [0.717, 1.165) is 22.2 Å². The summed E-state index contributed by atoms with van der Waals surface area (Å²) in [5, 5.41) is 1.02. The van der Waals surface area contributed by atoms with Crippen LogP contribution in [0.25, 0.3) is 10.9 Å². The molecule has 0 amide bonds. The van der Waals surface area contributed by atoms with Crippen LogP contribution in [0.15, 0.2) is 29.1 Å². The zero-order valence-corrected chi connectivity index (χ0v) is 10.3. The number of fused-ring (bicyclic) bond motifs is 3. The highest BCUT2D eigenvalue weighted by molar-refractivity contribution is 5.87. The average Bonchev–Trinajstić information content (AvgIpc) is 2.62. The van der Waals surface area contributed by atoms with E-state index in [1.807, 2.05) is 45.2 Å². The molecule has 2 heterocycles. The molecule has 1 aliphatic heterocycles. The van der Waals surface area contributed by atoms with E-state index in [-0.39, 0.29) is 11.2 Å². The highest BCUT2D eigenvalue weighted by atomic mass is 16.5. The number of aryl methyl sites for hydroxylation is 1. The summed E-state index contributed by atoms with van der Waals surface area (Å²) < 4.78 is 7.64. The Hall–Kier alpha value is -1.77. The second kappa shape index (κ2) is 3.13. The van der Waals surface area contributed by atoms with Crippen molar-refractivity contribution in [2.45, 2.75) is 25.9 Å². The van der Waals surface area contributed by atoms with Crippen molar-refractivity contribution in [1.82, 2.24) is 4.57 Å². The Balaban J connectivity index is 2.46. The van der Waals surface area contributed by atoms with Gasteiger partial charge in [0, 0.05) is 18.9 Å². The van der Waals surface area contributed by atoms with Gasteiger partial charge in [-0.25, -0.2) is 0 Å². The Morgan fingerprint density at radius 1 is 1.29 bits per heavy atom. The van der Waals surface area contributed by atoms with Crippen LogP contribution in [0.3, 0.4) is 0 Å². The van der Waals surface area contributed by atoms with Crippen LogP contribution in [0.5, 0.6) is 5.75 Å². The van der Waals surface area contributed by atoms with Gasteiger partial charge in [0.15, 0.2) is 0 Å². The summed E-state index contributed by atoms with van der Waals surface area (Å²) in [6, 6.07) is 7.87. The molecule has 1 aliphatic rings. The second-order valence-corrected chi connectivity index (χ2v) is 5.23. The Morgan fingerprint density at radius 3 is 2.76 bits per heavy atom. The highest BCUT2D eigenvalue weighted by Gasteiger charge is 2.34. The third-order valence-electron chi connectivity index (χ3n) is 3.33. The van der Waals surface area contributed by atoms with E-state index in [0.29, 0.717) is 6.42 Å². The van der Waals surface area contributed by atoms with Gasteiger partial charge in [-0.2, -0.15) is 0 Å². The summed E-state index contributed by atoms with van der Waals surface area (Å²) >= 11 is 0. The molecule has 0 fully saturated rings. The minimum atomic E-state index is -0.279. The smallest absolute Gasteiger partial charge is 0.257 e. The number of aromatic nitrogens is 1. The van der Waals surface area contributed by atoms with E-state index >= 15 is 0 Å². The zero-order valence-electron chi connectivity index (χ0n) is 10.3. The molecule has 0 unspecified atom stereocenters. The molecule has 1 aromatic carbocycles. The first-order valence-electron chi connectivity index (χ1n) is 5.79. The average molecular weight is 229 g/mol. The minimum Gasteiger partial charge on any atom is -0.486 e. The molecule has 0 atom stereocenters. The number of hydrogen-bond donors (Lipinski definition) is 0. The molecule has 17 heavy (non-hydrogen) atoms. The van der Waals surface area contributed by atoms with E-state index in [2.05, 4.69) is 0 Å². The maximum Gasteiger partial charge on any atom is 0.257 e. The van der Waals surface area contributed by atoms with E-state index in [1.165, 1.54) is 0 Å². The van der Waals surface area contributed by atoms with E-state index < -0.39 is 0 Å². The molecular weight excluding hydrogens is 214 g/mol. The molecule has 3 rings (SSSR count). The van der Waals surface area contributed by atoms with Gasteiger partial charge in [-0.3, -0.25) is 4.79 Å². The third-order valence-corrected chi connectivity index (χ3v) is 3.33. The van der Waals surface area contributed by atoms with Crippen molar-refractivity contribution >= 4 is 10.9 Å². The monoisotopic (exact) mass is 229 g/mol. The Labute approximate surface area is 99.6 Å². The number of benzene rings is 1. The van der Waals surface area contributed by atoms with Crippen LogP contribution in [0.4, 0.5) is 0 Å². The van der Waals surface area contributed by atoms with Crippen molar-refractivity contribution in [2.24, 2.45) is 7.05 Å². The number of pyridine rings is 1. The van der Waals surface area contributed by atoms with Gasteiger partial charge in [-0.15, -0.1) is 0 Å². The normalized spacial score (nSPS) is 16.9. The van der Waals surface area contributed by atoms with Gasteiger partial charge < -0.3 is 9.30 Å². The molecule has 0 spiro atoms. The molecule has 2 aromatic rings. The lowest BCUT2D eigenvalue weighted by Crippen LogP contribution is -2.26. The standard InChI is InChI=1S/C14H15NO2/c1-14(2)8-10-12(17-14)9-6-4-5-7-11(9)15(3)13(10)16/h4-7H,8H2,1-3H3. The topological polar surface area (TPSA) is 31.2 Å². The Morgan fingerprint density at radius 2 is 2.00 bits per heavy atom. The SMILES string of the molecule is Cn1c(=O)c2c(c3ccccc31)OC(C)(C)C2. The van der Waals surface area contributed by atoms with Crippen LogP contribution < -0.4 is 10.3 Å². The summed E-state index contributed by atoms with van der Waals surface area (Å²) in [6.07, 6.45) is 0.680. The van der Waals surface area contributed by atoms with Crippen LogP contribution in [-0.4, -0.2) is 10.2 Å². The van der Waals surface area contributed by atoms with Gasteiger partial charge in [0.2, 0.25) is 0 Å². The lowest BCUT2D eigenvalue weighted by Gasteiger charge is -2.17. The fourth-order valence-corrected chi connectivity index (χ4v) is 2.54. The zero-order chi connectivity index (χ0) is 12.2. The van der Waals surface area contributed by atoms with Gasteiger partial charge in [0.25, 0.3) is 5.56 Å². The number of nitrogens with zero attached hydrogens (tertiary/aromatic N) is 1. The van der Waals surface area contributed by atoms with E-state index in [1.54, 1.807) is 4.57 Å². The quantitative estimate of drug-likeness (QED) is 0.693. The fraction of sp³-hybridized carbons (Fsp3) is 0.357. The Bertz CT molecular complexity index is 668. The molecule has 0 saturated carbocycles. The maximum absolute atomic E-state index is 12.2. The molecule has 0 bridgehead atoms. The van der Waals surface area contributed by atoms with Crippen molar-refractivity contribution in [3.63, 3.8) is 0 Å². The van der Waals surface area contributed by atoms with Gasteiger partial charge in [0.1, 0.15) is 11.4 Å². The van der Waals surface area contributed by atoms with Crippen LogP contribution in [0.2, 0.25) is 0 Å². The summed E-state index contributed by atoms with van der Waals surface area (Å²) in [5.41, 5.74) is 1.51. The third kappa shape index (κ3) is 1.38. The first-order valence-corrected chi connectivity index (χ1v) is 5.79. The van der Waals surface area contributed by atoms with Gasteiger partial charge in [0.05, 0.1) is 11.1 Å². The van der Waals surface area contributed by atoms with Crippen molar-refractivity contribution < 1.29 is 4.74 Å². The lowest BCUT2D eigenvalue weighted by atomic mass is 10.0. The first kappa shape index (κ1) is 10.4. The predicted molar refractivity (Wildman–Crippen MR) is 67.6 cm³/mol. The largest absolute Gasteiger partial charge is 0.486 e. The van der Waals surface area contributed by atoms with Crippen molar-refractivity contribution in [2.75, 3.05) is 0 Å². The van der Waals surface area contributed by atoms with Crippen LogP contribution in [0, 0.1) is 0 Å². The van der Waals surface area contributed by atoms with Crippen molar-refractivity contribution in [1.29, 1.82) is 0 Å². The molecule has 0 radical (unpaired) electrons. The van der Waals surface area contributed by atoms with Crippen LogP contribution >= 0.6 is 0 Å². The molecule has 3 heteroatoms. The molecule has 0 N–H and O–H groups in total. The first-order chi connectivity index (χ1) is 7.99. The molecular formula is C14H15NO2. The number of hydrogen-bond acceptors (Lipinski definition) is 2. The fourth-order valence-electron chi connectivity index (χ4n) is 2.54. The highest BCUT2D eigenvalue weighted by Crippen LogP contribution is 2.37. The summed E-state index contributed by atoms with van der Waals surface area (Å²) in [5.74, 6) is 0.772.